The van der Waals surface area contributed by atoms with E-state index >= 15 is 0 Å². The first kappa shape index (κ1) is 27.6. The van der Waals surface area contributed by atoms with Crippen LogP contribution in [0, 0.1) is 0 Å². The summed E-state index contributed by atoms with van der Waals surface area (Å²) < 4.78 is 15.0. The normalized spacial score (nSPS) is 11.9. The molecule has 11 heteroatoms. The summed E-state index contributed by atoms with van der Waals surface area (Å²) in [6.45, 7) is 8.14. The molecule has 0 aromatic carbocycles. The van der Waals surface area contributed by atoms with Crippen molar-refractivity contribution in [2.75, 3.05) is 52.9 Å². The second-order valence-corrected chi connectivity index (χ2v) is 6.21. The Balaban J connectivity index is 0. The highest BCUT2D eigenvalue weighted by molar-refractivity contribution is 5.79. The van der Waals surface area contributed by atoms with E-state index in [9.17, 15) is 9.59 Å². The van der Waals surface area contributed by atoms with E-state index in [2.05, 4.69) is 10.2 Å². The van der Waals surface area contributed by atoms with Crippen molar-refractivity contribution in [2.24, 2.45) is 10.2 Å². The lowest BCUT2D eigenvalue weighted by atomic mass is 10.1. The van der Waals surface area contributed by atoms with Gasteiger partial charge >= 0.3 is 11.9 Å². The first-order chi connectivity index (χ1) is 12.5. The molecule has 11 nitrogen and oxygen atoms in total. The lowest BCUT2D eigenvalue weighted by molar-refractivity contribution is -0.144. The fourth-order valence-electron chi connectivity index (χ4n) is 1.01. The maximum Gasteiger partial charge on any atom is 0.332 e. The van der Waals surface area contributed by atoms with Crippen molar-refractivity contribution in [3.8, 4) is 0 Å². The summed E-state index contributed by atoms with van der Waals surface area (Å²) in [7, 11) is 0. The van der Waals surface area contributed by atoms with E-state index in [1.54, 1.807) is 0 Å². The molecule has 0 saturated heterocycles. The standard InChI is InChI=1S/C8H14N2O4.C8H18O5/c1-7(2,5(11)12)9-10-8(3,4)6(13)14;9-1-3-11-5-7-13-8-6-12-4-2-10/h1-4H3,(H,11,12)(H,13,14);9-10H,1-8H2. The largest absolute Gasteiger partial charge is 0.479 e. The van der Waals surface area contributed by atoms with Gasteiger partial charge in [-0.15, -0.1) is 0 Å². The van der Waals surface area contributed by atoms with Gasteiger partial charge in [-0.1, -0.05) is 0 Å². The number of aliphatic carboxylic acids is 2. The minimum Gasteiger partial charge on any atom is -0.479 e. The van der Waals surface area contributed by atoms with Gasteiger partial charge in [0.1, 0.15) is 0 Å². The number of azo groups is 1. The van der Waals surface area contributed by atoms with Gasteiger partial charge in [-0.2, -0.15) is 10.2 Å². The average molecular weight is 396 g/mol. The Hall–Kier alpha value is -1.66. The van der Waals surface area contributed by atoms with Crippen LogP contribution in [-0.2, 0) is 23.8 Å². The van der Waals surface area contributed by atoms with E-state index in [1.807, 2.05) is 0 Å². The van der Waals surface area contributed by atoms with Crippen LogP contribution in [-0.4, -0.2) is 96.3 Å². The Kier molecular flexibility index (Phi) is 15.7. The molecule has 0 spiro atoms. The van der Waals surface area contributed by atoms with E-state index in [-0.39, 0.29) is 13.2 Å². The number of hydrogen-bond donors (Lipinski definition) is 4. The highest BCUT2D eigenvalue weighted by Crippen LogP contribution is 2.15. The van der Waals surface area contributed by atoms with Gasteiger partial charge in [0, 0.05) is 0 Å². The Labute approximate surface area is 159 Å². The molecule has 0 atom stereocenters. The number of hydrogen-bond acceptors (Lipinski definition) is 9. The van der Waals surface area contributed by atoms with Gasteiger partial charge < -0.3 is 34.6 Å². The monoisotopic (exact) mass is 396 g/mol. The van der Waals surface area contributed by atoms with Crippen LogP contribution < -0.4 is 0 Å². The van der Waals surface area contributed by atoms with Crippen molar-refractivity contribution >= 4 is 11.9 Å². The summed E-state index contributed by atoms with van der Waals surface area (Å²) in [6, 6.07) is 0. The molecule has 0 aromatic heterocycles. The Morgan fingerprint density at radius 3 is 1.15 bits per heavy atom. The van der Waals surface area contributed by atoms with Crippen molar-refractivity contribution in [1.82, 2.24) is 0 Å². The van der Waals surface area contributed by atoms with Crippen molar-refractivity contribution in [1.29, 1.82) is 0 Å². The van der Waals surface area contributed by atoms with Crippen LogP contribution >= 0.6 is 0 Å². The number of aliphatic hydroxyl groups is 2. The first-order valence-corrected chi connectivity index (χ1v) is 8.37. The van der Waals surface area contributed by atoms with Crippen LogP contribution in [0.1, 0.15) is 27.7 Å². The zero-order chi connectivity index (χ0) is 21.3. The van der Waals surface area contributed by atoms with Gasteiger partial charge in [0.2, 0.25) is 0 Å². The van der Waals surface area contributed by atoms with Crippen LogP contribution in [0.2, 0.25) is 0 Å². The number of carboxylic acid groups (broad SMARTS) is 2. The van der Waals surface area contributed by atoms with Crippen LogP contribution in [0.4, 0.5) is 0 Å². The molecule has 0 saturated carbocycles. The molecule has 0 aliphatic heterocycles. The third kappa shape index (κ3) is 16.3. The quantitative estimate of drug-likeness (QED) is 0.236. The average Bonchev–Trinajstić information content (AvgIpc) is 2.59. The third-order valence-electron chi connectivity index (χ3n) is 2.81. The summed E-state index contributed by atoms with van der Waals surface area (Å²) >= 11 is 0. The lowest BCUT2D eigenvalue weighted by Crippen LogP contribution is -2.32. The molecule has 0 aliphatic rings. The smallest absolute Gasteiger partial charge is 0.332 e. The number of carbonyl (C=O) groups is 2. The molecule has 0 amide bonds. The van der Waals surface area contributed by atoms with Gasteiger partial charge in [-0.05, 0) is 27.7 Å². The minimum atomic E-state index is -1.40. The minimum absolute atomic E-state index is 0.0413. The zero-order valence-corrected chi connectivity index (χ0v) is 16.4. The Bertz CT molecular complexity index is 402. The number of nitrogens with zero attached hydrogens (tertiary/aromatic N) is 2. The highest BCUT2D eigenvalue weighted by atomic mass is 16.5. The van der Waals surface area contributed by atoms with E-state index in [4.69, 9.17) is 34.6 Å². The summed E-state index contributed by atoms with van der Waals surface area (Å²) in [5.41, 5.74) is -2.79. The Morgan fingerprint density at radius 1 is 0.667 bits per heavy atom. The van der Waals surface area contributed by atoms with Gasteiger partial charge in [0.25, 0.3) is 0 Å². The van der Waals surface area contributed by atoms with Gasteiger partial charge in [-0.3, -0.25) is 0 Å². The van der Waals surface area contributed by atoms with Crippen molar-refractivity contribution in [3.63, 3.8) is 0 Å². The van der Waals surface area contributed by atoms with E-state index in [1.165, 1.54) is 27.7 Å². The SMILES string of the molecule is CC(C)(N=NC(C)(C)C(=O)O)C(=O)O.OCCOCCOCCOCCO. The topological polar surface area (TPSA) is 167 Å². The highest BCUT2D eigenvalue weighted by Gasteiger charge is 2.31. The summed E-state index contributed by atoms with van der Waals surface area (Å²) in [5.74, 6) is -2.30. The summed E-state index contributed by atoms with van der Waals surface area (Å²) in [5, 5.41) is 41.1. The van der Waals surface area contributed by atoms with Crippen LogP contribution in [0.5, 0.6) is 0 Å². The van der Waals surface area contributed by atoms with Crippen molar-refractivity contribution < 1.29 is 44.2 Å². The molecule has 0 bridgehead atoms. The second-order valence-electron chi connectivity index (χ2n) is 6.21. The number of carboxylic acids is 2. The molecule has 0 unspecified atom stereocenters. The predicted molar refractivity (Wildman–Crippen MR) is 94.9 cm³/mol. The fourth-order valence-corrected chi connectivity index (χ4v) is 1.01. The van der Waals surface area contributed by atoms with Crippen LogP contribution in [0.25, 0.3) is 0 Å². The maximum atomic E-state index is 10.6. The number of rotatable bonds is 14. The summed E-state index contributed by atoms with van der Waals surface area (Å²) in [6.07, 6.45) is 0. The fraction of sp³-hybridized carbons (Fsp3) is 0.875. The maximum absolute atomic E-state index is 10.6. The molecular formula is C16H32N2O9. The number of aliphatic hydroxyl groups excluding tert-OH is 2. The van der Waals surface area contributed by atoms with E-state index in [0.29, 0.717) is 39.6 Å². The molecule has 0 radical (unpaired) electrons. The second kappa shape index (κ2) is 15.4. The zero-order valence-electron chi connectivity index (χ0n) is 16.4. The van der Waals surface area contributed by atoms with Gasteiger partial charge in [-0.25, -0.2) is 9.59 Å². The predicted octanol–water partition coefficient (Wildman–Crippen LogP) is 0.186. The van der Waals surface area contributed by atoms with E-state index < -0.39 is 23.0 Å². The lowest BCUT2D eigenvalue weighted by Gasteiger charge is -2.16. The molecule has 0 fully saturated rings. The van der Waals surface area contributed by atoms with Gasteiger partial charge in [0.15, 0.2) is 11.1 Å². The van der Waals surface area contributed by atoms with Crippen LogP contribution in [0.15, 0.2) is 10.2 Å². The molecule has 0 rings (SSSR count). The molecule has 0 aliphatic carbocycles. The van der Waals surface area contributed by atoms with Gasteiger partial charge in [0.05, 0.1) is 52.9 Å². The van der Waals surface area contributed by atoms with Crippen molar-refractivity contribution in [2.45, 2.75) is 38.8 Å². The van der Waals surface area contributed by atoms with Crippen molar-refractivity contribution in [3.05, 3.63) is 0 Å². The summed E-state index contributed by atoms with van der Waals surface area (Å²) in [4.78, 5) is 21.2. The molecule has 160 valence electrons. The molecular weight excluding hydrogens is 364 g/mol. The molecule has 0 heterocycles. The first-order valence-electron chi connectivity index (χ1n) is 8.37. The van der Waals surface area contributed by atoms with Crippen LogP contribution in [0.3, 0.4) is 0 Å². The molecule has 0 aromatic rings. The number of ether oxygens (including phenoxy) is 3. The third-order valence-corrected chi connectivity index (χ3v) is 2.81. The Morgan fingerprint density at radius 2 is 0.926 bits per heavy atom. The molecule has 4 N–H and O–H groups in total. The van der Waals surface area contributed by atoms with E-state index in [0.717, 1.165) is 0 Å². The molecule has 27 heavy (non-hydrogen) atoms.